The van der Waals surface area contributed by atoms with E-state index in [9.17, 15) is 18.0 Å². The maximum absolute atomic E-state index is 12.4. The maximum atomic E-state index is 12.4. The second kappa shape index (κ2) is 8.13. The summed E-state index contributed by atoms with van der Waals surface area (Å²) in [7, 11) is -3.88. The standard InChI is InChI=1S/C17H16ClN3O4S/c1-2-9-20-26(24,25)15-10-12(5-8-14(15)18)17(23)21-13-6-3-11(4-7-13)16(19)22/h2-8,10,20H,1,9H2,(H2,19,22)(H,21,23). The van der Waals surface area contributed by atoms with Crippen molar-refractivity contribution in [1.29, 1.82) is 0 Å². The summed E-state index contributed by atoms with van der Waals surface area (Å²) in [5, 5.41) is 2.59. The number of nitrogens with one attached hydrogen (secondary N) is 2. The molecule has 9 heteroatoms. The molecule has 0 aliphatic heterocycles. The molecule has 0 aliphatic carbocycles. The van der Waals surface area contributed by atoms with Crippen LogP contribution >= 0.6 is 11.6 Å². The summed E-state index contributed by atoms with van der Waals surface area (Å²) in [4.78, 5) is 23.2. The molecular formula is C17H16ClN3O4S. The number of hydrogen-bond donors (Lipinski definition) is 3. The normalized spacial score (nSPS) is 11.0. The number of nitrogens with two attached hydrogens (primary N) is 1. The molecule has 0 unspecified atom stereocenters. The van der Waals surface area contributed by atoms with E-state index in [0.29, 0.717) is 11.3 Å². The zero-order chi connectivity index (χ0) is 19.3. The van der Waals surface area contributed by atoms with Crippen molar-refractivity contribution in [3.05, 3.63) is 71.3 Å². The van der Waals surface area contributed by atoms with Gasteiger partial charge in [-0.25, -0.2) is 13.1 Å². The van der Waals surface area contributed by atoms with E-state index in [-0.39, 0.29) is 22.0 Å². The van der Waals surface area contributed by atoms with Gasteiger partial charge < -0.3 is 11.1 Å². The number of halogens is 1. The Balaban J connectivity index is 2.25. The van der Waals surface area contributed by atoms with E-state index in [0.717, 1.165) is 0 Å². The summed E-state index contributed by atoms with van der Waals surface area (Å²) in [5.41, 5.74) is 5.98. The number of carbonyl (C=O) groups is 2. The van der Waals surface area contributed by atoms with E-state index in [2.05, 4.69) is 16.6 Å². The second-order valence-electron chi connectivity index (χ2n) is 5.18. The Morgan fingerprint density at radius 3 is 2.31 bits per heavy atom. The highest BCUT2D eigenvalue weighted by Crippen LogP contribution is 2.23. The van der Waals surface area contributed by atoms with Crippen LogP contribution < -0.4 is 15.8 Å². The largest absolute Gasteiger partial charge is 0.366 e. The van der Waals surface area contributed by atoms with E-state index in [1.807, 2.05) is 0 Å². The molecule has 0 spiro atoms. The molecule has 7 nitrogen and oxygen atoms in total. The van der Waals surface area contributed by atoms with Gasteiger partial charge in [0.2, 0.25) is 15.9 Å². The molecule has 2 aromatic rings. The van der Waals surface area contributed by atoms with E-state index < -0.39 is 21.8 Å². The third kappa shape index (κ3) is 4.69. The van der Waals surface area contributed by atoms with E-state index in [1.54, 1.807) is 0 Å². The van der Waals surface area contributed by atoms with E-state index >= 15 is 0 Å². The number of benzene rings is 2. The van der Waals surface area contributed by atoms with Crippen molar-refractivity contribution in [2.75, 3.05) is 11.9 Å². The Kier molecular flexibility index (Phi) is 6.14. The lowest BCUT2D eigenvalue weighted by Crippen LogP contribution is -2.24. The van der Waals surface area contributed by atoms with Gasteiger partial charge in [-0.3, -0.25) is 9.59 Å². The number of rotatable bonds is 7. The molecule has 4 N–H and O–H groups in total. The Labute approximate surface area is 155 Å². The third-order valence-electron chi connectivity index (χ3n) is 3.33. The van der Waals surface area contributed by atoms with Gasteiger partial charge in [0.25, 0.3) is 5.91 Å². The molecular weight excluding hydrogens is 378 g/mol. The number of carbonyl (C=O) groups excluding carboxylic acids is 2. The fraction of sp³-hybridized carbons (Fsp3) is 0.0588. The van der Waals surface area contributed by atoms with Crippen LogP contribution in [-0.2, 0) is 10.0 Å². The number of hydrogen-bond acceptors (Lipinski definition) is 4. The number of primary amides is 1. The SMILES string of the molecule is C=CCNS(=O)(=O)c1cc(C(=O)Nc2ccc(C(N)=O)cc2)ccc1Cl. The Morgan fingerprint density at radius 2 is 1.73 bits per heavy atom. The van der Waals surface area contributed by atoms with Gasteiger partial charge in [0, 0.05) is 23.4 Å². The molecule has 0 fully saturated rings. The zero-order valence-corrected chi connectivity index (χ0v) is 15.1. The van der Waals surface area contributed by atoms with Crippen LogP contribution in [-0.4, -0.2) is 26.8 Å². The molecule has 136 valence electrons. The van der Waals surface area contributed by atoms with Crippen molar-refractivity contribution in [2.24, 2.45) is 5.73 Å². The summed E-state index contributed by atoms with van der Waals surface area (Å²) in [6, 6.07) is 9.87. The number of anilines is 1. The number of amides is 2. The Hall–Kier alpha value is -2.68. The van der Waals surface area contributed by atoms with Crippen LogP contribution in [0.1, 0.15) is 20.7 Å². The molecule has 0 radical (unpaired) electrons. The summed E-state index contributed by atoms with van der Waals surface area (Å²) >= 11 is 5.95. The summed E-state index contributed by atoms with van der Waals surface area (Å²) in [6.45, 7) is 3.47. The average molecular weight is 394 g/mol. The lowest BCUT2D eigenvalue weighted by atomic mass is 10.1. The first-order valence-corrected chi connectivity index (χ1v) is 9.22. The van der Waals surface area contributed by atoms with Crippen molar-refractivity contribution in [3.8, 4) is 0 Å². The highest BCUT2D eigenvalue weighted by atomic mass is 35.5. The van der Waals surface area contributed by atoms with Gasteiger partial charge in [0.15, 0.2) is 0 Å². The molecule has 0 bridgehead atoms. The van der Waals surface area contributed by atoms with Crippen LogP contribution in [0.2, 0.25) is 5.02 Å². The molecule has 0 aromatic heterocycles. The quantitative estimate of drug-likeness (QED) is 0.624. The van der Waals surface area contributed by atoms with E-state index in [4.69, 9.17) is 17.3 Å². The summed E-state index contributed by atoms with van der Waals surface area (Å²) in [5.74, 6) is -1.11. The molecule has 0 atom stereocenters. The van der Waals surface area contributed by atoms with Crippen LogP contribution in [0.5, 0.6) is 0 Å². The van der Waals surface area contributed by atoms with Gasteiger partial charge in [0.1, 0.15) is 4.90 Å². The van der Waals surface area contributed by atoms with Gasteiger partial charge in [-0.1, -0.05) is 17.7 Å². The lowest BCUT2D eigenvalue weighted by Gasteiger charge is -2.10. The molecule has 2 amide bonds. The molecule has 0 aliphatic rings. The minimum atomic E-state index is -3.88. The fourth-order valence-electron chi connectivity index (χ4n) is 2.02. The molecule has 26 heavy (non-hydrogen) atoms. The fourth-order valence-corrected chi connectivity index (χ4v) is 3.54. The topological polar surface area (TPSA) is 118 Å². The van der Waals surface area contributed by atoms with Crippen molar-refractivity contribution in [1.82, 2.24) is 4.72 Å². The lowest BCUT2D eigenvalue weighted by molar-refractivity contribution is 0.0998. The minimum Gasteiger partial charge on any atom is -0.366 e. The van der Waals surface area contributed by atoms with Crippen LogP contribution in [0.3, 0.4) is 0 Å². The molecule has 0 saturated carbocycles. The van der Waals surface area contributed by atoms with Gasteiger partial charge in [-0.2, -0.15) is 0 Å². The highest BCUT2D eigenvalue weighted by Gasteiger charge is 2.19. The van der Waals surface area contributed by atoms with Crippen molar-refractivity contribution in [3.63, 3.8) is 0 Å². The first kappa shape index (κ1) is 19.6. The first-order chi connectivity index (χ1) is 12.2. The van der Waals surface area contributed by atoms with Gasteiger partial charge in [-0.05, 0) is 42.5 Å². The summed E-state index contributed by atoms with van der Waals surface area (Å²) < 4.78 is 26.7. The number of sulfonamides is 1. The monoisotopic (exact) mass is 393 g/mol. The van der Waals surface area contributed by atoms with Crippen LogP contribution in [0.25, 0.3) is 0 Å². The van der Waals surface area contributed by atoms with Crippen molar-refractivity contribution < 1.29 is 18.0 Å². The highest BCUT2D eigenvalue weighted by molar-refractivity contribution is 7.89. The predicted octanol–water partition coefficient (Wildman–Crippen LogP) is 2.16. The first-order valence-electron chi connectivity index (χ1n) is 7.36. The average Bonchev–Trinajstić information content (AvgIpc) is 2.60. The van der Waals surface area contributed by atoms with Crippen LogP contribution in [0.15, 0.2) is 60.0 Å². The molecule has 2 aromatic carbocycles. The molecule has 0 heterocycles. The molecule has 2 rings (SSSR count). The van der Waals surface area contributed by atoms with Crippen molar-refractivity contribution >= 4 is 39.1 Å². The van der Waals surface area contributed by atoms with Crippen LogP contribution in [0.4, 0.5) is 5.69 Å². The maximum Gasteiger partial charge on any atom is 0.255 e. The smallest absolute Gasteiger partial charge is 0.255 e. The second-order valence-corrected chi connectivity index (χ2v) is 7.32. The molecule has 0 saturated heterocycles. The Morgan fingerprint density at radius 1 is 1.12 bits per heavy atom. The summed E-state index contributed by atoms with van der Waals surface area (Å²) in [6.07, 6.45) is 1.39. The third-order valence-corrected chi connectivity index (χ3v) is 5.23. The van der Waals surface area contributed by atoms with Crippen LogP contribution in [0, 0.1) is 0 Å². The van der Waals surface area contributed by atoms with E-state index in [1.165, 1.54) is 48.5 Å². The minimum absolute atomic E-state index is 0.0103. The van der Waals surface area contributed by atoms with Crippen molar-refractivity contribution in [2.45, 2.75) is 4.90 Å². The van der Waals surface area contributed by atoms with Gasteiger partial charge in [0.05, 0.1) is 5.02 Å². The Bertz CT molecular complexity index is 956. The predicted molar refractivity (Wildman–Crippen MR) is 99.8 cm³/mol. The van der Waals surface area contributed by atoms with Gasteiger partial charge in [-0.15, -0.1) is 6.58 Å². The zero-order valence-electron chi connectivity index (χ0n) is 13.5. The van der Waals surface area contributed by atoms with Gasteiger partial charge >= 0.3 is 0 Å².